The van der Waals surface area contributed by atoms with Gasteiger partial charge in [0.05, 0.1) is 11.0 Å². The van der Waals surface area contributed by atoms with Gasteiger partial charge in [0.25, 0.3) is 0 Å². The van der Waals surface area contributed by atoms with Crippen LogP contribution < -0.4 is 11.1 Å². The second-order valence-corrected chi connectivity index (χ2v) is 8.81. The standard InChI is InChI=1S/C19H23F2N3O3S/c20-14-8-13(9-15(21)11-14)10-17(22)19(25)18-12-24(7-6-23-18)28(26,27)16-4-2-1-3-5-16/h1-5,8-9,11,17-19,23,25H,6-7,10,12,22H2/t17?,18?,19-/m0/s1. The first-order valence-corrected chi connectivity index (χ1v) is 10.4. The molecule has 0 spiro atoms. The predicted octanol–water partition coefficient (Wildman–Crippen LogP) is 0.858. The topological polar surface area (TPSA) is 95.7 Å². The molecule has 0 bridgehead atoms. The van der Waals surface area contributed by atoms with E-state index in [4.69, 9.17) is 5.73 Å². The SMILES string of the molecule is NC(Cc1cc(F)cc(F)c1)[C@H](O)C1CN(S(=O)(=O)c2ccccc2)CCN1. The average molecular weight is 411 g/mol. The lowest BCUT2D eigenvalue weighted by molar-refractivity contribution is 0.0799. The number of nitrogens with zero attached hydrogens (tertiary/aromatic N) is 1. The summed E-state index contributed by atoms with van der Waals surface area (Å²) in [7, 11) is -3.68. The van der Waals surface area contributed by atoms with Gasteiger partial charge in [-0.15, -0.1) is 0 Å². The summed E-state index contributed by atoms with van der Waals surface area (Å²) in [6, 6.07) is 9.74. The molecule has 1 fully saturated rings. The van der Waals surface area contributed by atoms with Crippen molar-refractivity contribution in [2.24, 2.45) is 5.73 Å². The molecule has 6 nitrogen and oxygen atoms in total. The van der Waals surface area contributed by atoms with Crippen LogP contribution in [0.4, 0.5) is 8.78 Å². The summed E-state index contributed by atoms with van der Waals surface area (Å²) in [5.41, 5.74) is 6.37. The Morgan fingerprint density at radius 1 is 1.18 bits per heavy atom. The highest BCUT2D eigenvalue weighted by molar-refractivity contribution is 7.89. The van der Waals surface area contributed by atoms with Crippen molar-refractivity contribution < 1.29 is 22.3 Å². The fourth-order valence-corrected chi connectivity index (χ4v) is 4.85. The van der Waals surface area contributed by atoms with Crippen LogP contribution in [0.5, 0.6) is 0 Å². The Labute approximate surface area is 163 Å². The minimum atomic E-state index is -3.68. The van der Waals surface area contributed by atoms with E-state index < -0.39 is 39.8 Å². The van der Waals surface area contributed by atoms with Gasteiger partial charge in [0, 0.05) is 37.8 Å². The van der Waals surface area contributed by atoms with E-state index in [1.54, 1.807) is 18.2 Å². The number of aliphatic hydroxyl groups is 1. The molecule has 2 unspecified atom stereocenters. The summed E-state index contributed by atoms with van der Waals surface area (Å²) >= 11 is 0. The molecule has 1 aliphatic heterocycles. The number of rotatable bonds is 6. The Morgan fingerprint density at radius 2 is 1.82 bits per heavy atom. The van der Waals surface area contributed by atoms with Gasteiger partial charge in [-0.1, -0.05) is 18.2 Å². The summed E-state index contributed by atoms with van der Waals surface area (Å²) in [5, 5.41) is 13.7. The van der Waals surface area contributed by atoms with Crippen LogP contribution in [-0.2, 0) is 16.4 Å². The van der Waals surface area contributed by atoms with Crippen molar-refractivity contribution in [3.63, 3.8) is 0 Å². The summed E-state index contributed by atoms with van der Waals surface area (Å²) < 4.78 is 53.6. The molecule has 1 heterocycles. The number of nitrogens with one attached hydrogen (secondary N) is 1. The quantitative estimate of drug-likeness (QED) is 0.655. The average Bonchev–Trinajstić information content (AvgIpc) is 2.67. The van der Waals surface area contributed by atoms with E-state index in [2.05, 4.69) is 5.32 Å². The molecule has 1 saturated heterocycles. The molecular formula is C19H23F2N3O3S. The zero-order valence-electron chi connectivity index (χ0n) is 15.1. The van der Waals surface area contributed by atoms with Crippen LogP contribution >= 0.6 is 0 Å². The molecule has 1 aliphatic rings. The highest BCUT2D eigenvalue weighted by atomic mass is 32.2. The Bertz CT molecular complexity index is 892. The van der Waals surface area contributed by atoms with Gasteiger partial charge in [0.2, 0.25) is 10.0 Å². The molecule has 4 N–H and O–H groups in total. The fraction of sp³-hybridized carbons (Fsp3) is 0.368. The van der Waals surface area contributed by atoms with Gasteiger partial charge in [0.15, 0.2) is 0 Å². The number of hydrogen-bond donors (Lipinski definition) is 3. The van der Waals surface area contributed by atoms with Gasteiger partial charge in [0.1, 0.15) is 11.6 Å². The summed E-state index contributed by atoms with van der Waals surface area (Å²) in [4.78, 5) is 0.185. The van der Waals surface area contributed by atoms with Crippen molar-refractivity contribution in [2.45, 2.75) is 29.5 Å². The number of sulfonamides is 1. The summed E-state index contributed by atoms with van der Waals surface area (Å²) in [6.07, 6.45) is -1.04. The zero-order chi connectivity index (χ0) is 20.3. The van der Waals surface area contributed by atoms with Gasteiger partial charge in [-0.05, 0) is 36.2 Å². The van der Waals surface area contributed by atoms with Gasteiger partial charge in [-0.3, -0.25) is 0 Å². The van der Waals surface area contributed by atoms with E-state index in [1.807, 2.05) is 0 Å². The van der Waals surface area contributed by atoms with E-state index in [0.29, 0.717) is 12.1 Å². The van der Waals surface area contributed by atoms with Gasteiger partial charge < -0.3 is 16.2 Å². The number of hydrogen-bond acceptors (Lipinski definition) is 5. The lowest BCUT2D eigenvalue weighted by atomic mass is 9.96. The molecule has 3 atom stereocenters. The van der Waals surface area contributed by atoms with Crippen LogP contribution in [0.1, 0.15) is 5.56 Å². The van der Waals surface area contributed by atoms with Crippen LogP contribution in [0.15, 0.2) is 53.4 Å². The maximum absolute atomic E-state index is 13.3. The van der Waals surface area contributed by atoms with Crippen LogP contribution in [0, 0.1) is 11.6 Å². The van der Waals surface area contributed by atoms with Crippen LogP contribution in [0.2, 0.25) is 0 Å². The molecule has 0 aromatic heterocycles. The molecule has 0 aliphatic carbocycles. The molecule has 2 aromatic rings. The smallest absolute Gasteiger partial charge is 0.243 e. The second kappa shape index (κ2) is 8.62. The fourth-order valence-electron chi connectivity index (χ4n) is 3.36. The summed E-state index contributed by atoms with van der Waals surface area (Å²) in [5.74, 6) is -1.43. The van der Waals surface area contributed by atoms with Gasteiger partial charge in [-0.25, -0.2) is 17.2 Å². The normalized spacial score (nSPS) is 20.6. The molecule has 3 rings (SSSR count). The van der Waals surface area contributed by atoms with Crippen molar-refractivity contribution in [1.82, 2.24) is 9.62 Å². The molecule has 2 aromatic carbocycles. The van der Waals surface area contributed by atoms with Crippen LogP contribution in [-0.4, -0.2) is 55.7 Å². The van der Waals surface area contributed by atoms with Crippen molar-refractivity contribution in [1.29, 1.82) is 0 Å². The van der Waals surface area contributed by atoms with Crippen LogP contribution in [0.3, 0.4) is 0 Å². The third kappa shape index (κ3) is 4.73. The van der Waals surface area contributed by atoms with E-state index in [9.17, 15) is 22.3 Å². The molecular weight excluding hydrogens is 388 g/mol. The van der Waals surface area contributed by atoms with E-state index in [1.165, 1.54) is 16.4 Å². The van der Waals surface area contributed by atoms with Crippen LogP contribution in [0.25, 0.3) is 0 Å². The minimum Gasteiger partial charge on any atom is -0.390 e. The zero-order valence-corrected chi connectivity index (χ0v) is 15.9. The van der Waals surface area contributed by atoms with Gasteiger partial charge >= 0.3 is 0 Å². The second-order valence-electron chi connectivity index (χ2n) is 6.87. The molecule has 152 valence electrons. The minimum absolute atomic E-state index is 0.0452. The third-order valence-electron chi connectivity index (χ3n) is 4.79. The molecule has 28 heavy (non-hydrogen) atoms. The molecule has 9 heteroatoms. The first-order chi connectivity index (χ1) is 13.3. The van der Waals surface area contributed by atoms with Gasteiger partial charge in [-0.2, -0.15) is 4.31 Å². The number of benzene rings is 2. The predicted molar refractivity (Wildman–Crippen MR) is 101 cm³/mol. The van der Waals surface area contributed by atoms with Crippen molar-refractivity contribution in [2.75, 3.05) is 19.6 Å². The first-order valence-electron chi connectivity index (χ1n) is 8.94. The third-order valence-corrected chi connectivity index (χ3v) is 6.67. The number of halogens is 2. The number of nitrogens with two attached hydrogens (primary N) is 1. The van der Waals surface area contributed by atoms with E-state index in [0.717, 1.165) is 18.2 Å². The Hall–Kier alpha value is -1.91. The first kappa shape index (κ1) is 20.8. The molecule has 0 saturated carbocycles. The maximum atomic E-state index is 13.3. The van der Waals surface area contributed by atoms with E-state index in [-0.39, 0.29) is 24.4 Å². The monoisotopic (exact) mass is 411 g/mol. The Kier molecular flexibility index (Phi) is 6.41. The number of aliphatic hydroxyl groups excluding tert-OH is 1. The lowest BCUT2D eigenvalue weighted by Gasteiger charge is -2.37. The Morgan fingerprint density at radius 3 is 2.46 bits per heavy atom. The number of piperazine rings is 1. The Balaban J connectivity index is 1.69. The highest BCUT2D eigenvalue weighted by Crippen LogP contribution is 2.19. The highest BCUT2D eigenvalue weighted by Gasteiger charge is 2.35. The van der Waals surface area contributed by atoms with E-state index >= 15 is 0 Å². The lowest BCUT2D eigenvalue weighted by Crippen LogP contribution is -2.60. The van der Waals surface area contributed by atoms with Crippen molar-refractivity contribution >= 4 is 10.0 Å². The summed E-state index contributed by atoms with van der Waals surface area (Å²) in [6.45, 7) is 0.670. The maximum Gasteiger partial charge on any atom is 0.243 e. The molecule has 0 radical (unpaired) electrons. The molecule has 0 amide bonds. The largest absolute Gasteiger partial charge is 0.390 e. The van der Waals surface area contributed by atoms with Crippen molar-refractivity contribution in [3.8, 4) is 0 Å². The van der Waals surface area contributed by atoms with Crippen molar-refractivity contribution in [3.05, 3.63) is 65.7 Å².